The number of hydrogen-bond donors (Lipinski definition) is 1. The van der Waals surface area contributed by atoms with Crippen molar-refractivity contribution in [1.82, 2.24) is 13.7 Å². The van der Waals surface area contributed by atoms with Crippen LogP contribution in [-0.4, -0.2) is 13.7 Å². The summed E-state index contributed by atoms with van der Waals surface area (Å²) >= 11 is 8.92. The van der Waals surface area contributed by atoms with Crippen LogP contribution in [-0.2, 0) is 6.54 Å². The molecule has 3 rings (SSSR count). The first-order chi connectivity index (χ1) is 8.34. The Morgan fingerprint density at radius 1 is 1.29 bits per heavy atom. The van der Waals surface area contributed by atoms with E-state index < -0.39 is 0 Å². The molecule has 1 N–H and O–H groups in total. The molecule has 0 radical (unpaired) electrons. The van der Waals surface area contributed by atoms with Crippen LogP contribution in [0.1, 0.15) is 5.69 Å². The van der Waals surface area contributed by atoms with Crippen LogP contribution in [0.5, 0.6) is 0 Å². The fraction of sp³-hybridized carbons (Fsp3) is 0.100. The SMILES string of the molecule is Clc1ccc2nsnc2c1NCc1cscn1. The van der Waals surface area contributed by atoms with Gasteiger partial charge in [0.2, 0.25) is 0 Å². The van der Waals surface area contributed by atoms with Gasteiger partial charge in [-0.15, -0.1) is 11.3 Å². The fourth-order valence-electron chi connectivity index (χ4n) is 1.50. The van der Waals surface area contributed by atoms with Crippen molar-refractivity contribution < 1.29 is 0 Å². The molecule has 0 atom stereocenters. The third-order valence-electron chi connectivity index (χ3n) is 2.31. The summed E-state index contributed by atoms with van der Waals surface area (Å²) in [5.74, 6) is 0. The molecule has 86 valence electrons. The Kier molecular flexibility index (Phi) is 2.92. The first-order valence-corrected chi connectivity index (χ1v) is 6.91. The predicted molar refractivity (Wildman–Crippen MR) is 71.9 cm³/mol. The quantitative estimate of drug-likeness (QED) is 0.800. The standard InChI is InChI=1S/C10H7ClN4S2/c11-7-1-2-8-10(15-17-14-8)9(7)12-3-6-4-16-5-13-6/h1-2,4-5,12H,3H2. The molecule has 0 spiro atoms. The summed E-state index contributed by atoms with van der Waals surface area (Å²) in [6.07, 6.45) is 0. The molecule has 17 heavy (non-hydrogen) atoms. The van der Waals surface area contributed by atoms with Gasteiger partial charge in [-0.2, -0.15) is 8.75 Å². The fourth-order valence-corrected chi connectivity index (χ4v) is 2.82. The highest BCUT2D eigenvalue weighted by atomic mass is 35.5. The zero-order chi connectivity index (χ0) is 11.7. The lowest BCUT2D eigenvalue weighted by molar-refractivity contribution is 1.08. The van der Waals surface area contributed by atoms with Crippen LogP contribution in [0, 0.1) is 0 Å². The second kappa shape index (κ2) is 4.56. The molecular weight excluding hydrogens is 276 g/mol. The predicted octanol–water partition coefficient (Wildman–Crippen LogP) is 3.41. The third-order valence-corrected chi connectivity index (χ3v) is 3.80. The summed E-state index contributed by atoms with van der Waals surface area (Å²) in [4.78, 5) is 4.21. The molecule has 0 saturated heterocycles. The Labute approximate surface area is 111 Å². The van der Waals surface area contributed by atoms with E-state index in [9.17, 15) is 0 Å². The molecule has 0 aliphatic rings. The Balaban J connectivity index is 1.93. The maximum absolute atomic E-state index is 6.16. The molecule has 0 saturated carbocycles. The summed E-state index contributed by atoms with van der Waals surface area (Å²) in [5, 5.41) is 5.91. The highest BCUT2D eigenvalue weighted by Crippen LogP contribution is 2.30. The van der Waals surface area contributed by atoms with Gasteiger partial charge in [0.1, 0.15) is 11.0 Å². The van der Waals surface area contributed by atoms with Crippen LogP contribution in [0.3, 0.4) is 0 Å². The molecule has 4 nitrogen and oxygen atoms in total. The number of hydrogen-bond acceptors (Lipinski definition) is 6. The highest BCUT2D eigenvalue weighted by Gasteiger charge is 2.09. The van der Waals surface area contributed by atoms with Crippen LogP contribution in [0.15, 0.2) is 23.0 Å². The maximum atomic E-state index is 6.16. The van der Waals surface area contributed by atoms with Crippen LogP contribution < -0.4 is 5.32 Å². The van der Waals surface area contributed by atoms with E-state index in [4.69, 9.17) is 11.6 Å². The molecule has 2 heterocycles. The van der Waals surface area contributed by atoms with Crippen molar-refractivity contribution in [2.45, 2.75) is 6.54 Å². The van der Waals surface area contributed by atoms with Crippen LogP contribution in [0.25, 0.3) is 11.0 Å². The van der Waals surface area contributed by atoms with Gasteiger partial charge in [0.15, 0.2) is 0 Å². The topological polar surface area (TPSA) is 50.7 Å². The Morgan fingerprint density at radius 3 is 3.06 bits per heavy atom. The number of rotatable bonds is 3. The number of fused-ring (bicyclic) bond motifs is 1. The summed E-state index contributed by atoms with van der Waals surface area (Å²) in [6.45, 7) is 0.639. The van der Waals surface area contributed by atoms with Crippen molar-refractivity contribution in [2.24, 2.45) is 0 Å². The van der Waals surface area contributed by atoms with Crippen molar-refractivity contribution in [2.75, 3.05) is 5.32 Å². The number of anilines is 1. The molecule has 2 aromatic heterocycles. The van der Waals surface area contributed by atoms with E-state index in [1.807, 2.05) is 23.0 Å². The van der Waals surface area contributed by atoms with Gasteiger partial charge in [-0.25, -0.2) is 4.98 Å². The van der Waals surface area contributed by atoms with Gasteiger partial charge in [0.25, 0.3) is 0 Å². The molecule has 1 aromatic carbocycles. The number of aromatic nitrogens is 3. The van der Waals surface area contributed by atoms with E-state index in [0.29, 0.717) is 11.6 Å². The molecule has 0 aliphatic carbocycles. The Hall–Kier alpha value is -1.24. The number of thiazole rings is 1. The van der Waals surface area contributed by atoms with Crippen molar-refractivity contribution in [3.8, 4) is 0 Å². The van der Waals surface area contributed by atoms with Gasteiger partial charge >= 0.3 is 0 Å². The normalized spacial score (nSPS) is 10.9. The van der Waals surface area contributed by atoms with E-state index in [-0.39, 0.29) is 0 Å². The molecule has 0 bridgehead atoms. The molecular formula is C10H7ClN4S2. The average molecular weight is 283 g/mol. The summed E-state index contributed by atoms with van der Waals surface area (Å²) in [7, 11) is 0. The monoisotopic (exact) mass is 282 g/mol. The van der Waals surface area contributed by atoms with Gasteiger partial charge in [-0.3, -0.25) is 0 Å². The smallest absolute Gasteiger partial charge is 0.129 e. The largest absolute Gasteiger partial charge is 0.376 e. The number of benzene rings is 1. The first-order valence-electron chi connectivity index (χ1n) is 4.86. The second-order valence-electron chi connectivity index (χ2n) is 3.39. The maximum Gasteiger partial charge on any atom is 0.129 e. The molecule has 3 aromatic rings. The van der Waals surface area contributed by atoms with Crippen molar-refractivity contribution in [3.63, 3.8) is 0 Å². The lowest BCUT2D eigenvalue weighted by atomic mass is 10.2. The number of nitrogens with zero attached hydrogens (tertiary/aromatic N) is 3. The Bertz CT molecular complexity index is 635. The number of halogens is 1. The minimum absolute atomic E-state index is 0.639. The molecule has 0 unspecified atom stereocenters. The van der Waals surface area contributed by atoms with Crippen molar-refractivity contribution in [3.05, 3.63) is 33.7 Å². The first kappa shape index (κ1) is 10.9. The molecule has 0 aliphatic heterocycles. The minimum atomic E-state index is 0.639. The van der Waals surface area contributed by atoms with Crippen LogP contribution in [0.4, 0.5) is 5.69 Å². The van der Waals surface area contributed by atoms with Gasteiger partial charge in [0, 0.05) is 5.38 Å². The number of nitrogens with one attached hydrogen (secondary N) is 1. The molecule has 0 amide bonds. The van der Waals surface area contributed by atoms with Gasteiger partial charge in [-0.1, -0.05) is 11.6 Å². The molecule has 0 fully saturated rings. The van der Waals surface area contributed by atoms with E-state index in [1.165, 1.54) is 11.7 Å². The third kappa shape index (κ3) is 2.11. The molecule has 7 heteroatoms. The lowest BCUT2D eigenvalue weighted by Gasteiger charge is -2.06. The van der Waals surface area contributed by atoms with E-state index in [2.05, 4.69) is 19.0 Å². The van der Waals surface area contributed by atoms with E-state index in [0.717, 1.165) is 22.4 Å². The van der Waals surface area contributed by atoms with Gasteiger partial charge in [0.05, 0.1) is 40.2 Å². The van der Waals surface area contributed by atoms with Crippen molar-refractivity contribution in [1.29, 1.82) is 0 Å². The zero-order valence-corrected chi connectivity index (χ0v) is 10.9. The van der Waals surface area contributed by atoms with E-state index in [1.54, 1.807) is 11.3 Å². The van der Waals surface area contributed by atoms with Gasteiger partial charge < -0.3 is 5.32 Å². The second-order valence-corrected chi connectivity index (χ2v) is 5.04. The van der Waals surface area contributed by atoms with Crippen LogP contribution in [0.2, 0.25) is 5.02 Å². The zero-order valence-electron chi connectivity index (χ0n) is 8.55. The lowest BCUT2D eigenvalue weighted by Crippen LogP contribution is -2.00. The average Bonchev–Trinajstić information content (AvgIpc) is 2.97. The summed E-state index contributed by atoms with van der Waals surface area (Å²) < 4.78 is 8.43. The summed E-state index contributed by atoms with van der Waals surface area (Å²) in [5.41, 5.74) is 5.30. The summed E-state index contributed by atoms with van der Waals surface area (Å²) in [6, 6.07) is 3.70. The Morgan fingerprint density at radius 2 is 2.24 bits per heavy atom. The van der Waals surface area contributed by atoms with Crippen LogP contribution >= 0.6 is 34.7 Å². The minimum Gasteiger partial charge on any atom is -0.376 e. The van der Waals surface area contributed by atoms with Gasteiger partial charge in [-0.05, 0) is 12.1 Å². The van der Waals surface area contributed by atoms with E-state index >= 15 is 0 Å². The highest BCUT2D eigenvalue weighted by molar-refractivity contribution is 7.07. The van der Waals surface area contributed by atoms with Crippen molar-refractivity contribution >= 4 is 51.4 Å².